The van der Waals surface area contributed by atoms with Crippen molar-refractivity contribution in [1.29, 1.82) is 0 Å². The van der Waals surface area contributed by atoms with Gasteiger partial charge in [-0.3, -0.25) is 4.79 Å². The summed E-state index contributed by atoms with van der Waals surface area (Å²) in [7, 11) is 0. The highest BCUT2D eigenvalue weighted by Crippen LogP contribution is 2.55. The van der Waals surface area contributed by atoms with E-state index >= 15 is 0 Å². The lowest BCUT2D eigenvalue weighted by Gasteiger charge is -2.42. The molecule has 2 heterocycles. The highest BCUT2D eigenvalue weighted by Gasteiger charge is 2.39. The highest BCUT2D eigenvalue weighted by atomic mass is 32.2. The normalized spacial score (nSPS) is 14.9. The smallest absolute Gasteiger partial charge is 0.346 e. The zero-order valence-electron chi connectivity index (χ0n) is 16.6. The third-order valence-corrected chi connectivity index (χ3v) is 8.27. The van der Waals surface area contributed by atoms with Crippen molar-refractivity contribution in [2.75, 3.05) is 0 Å². The molecule has 0 atom stereocenters. The molecule has 0 bridgehead atoms. The van der Waals surface area contributed by atoms with Crippen molar-refractivity contribution in [2.45, 2.75) is 28.9 Å². The Morgan fingerprint density at radius 3 is 2.56 bits per heavy atom. The first-order valence-corrected chi connectivity index (χ1v) is 11.6. The average Bonchev–Trinajstić information content (AvgIpc) is 3.17. The minimum absolute atomic E-state index is 0.127. The Balaban J connectivity index is 1.63. The topological polar surface area (TPSA) is 92.2 Å². The van der Waals surface area contributed by atoms with E-state index in [1.54, 1.807) is 17.8 Å². The van der Waals surface area contributed by atoms with Crippen molar-refractivity contribution >= 4 is 40.0 Å². The van der Waals surface area contributed by atoms with E-state index in [-0.39, 0.29) is 26.2 Å². The van der Waals surface area contributed by atoms with Gasteiger partial charge in [-0.2, -0.15) is 0 Å². The molecule has 1 saturated carbocycles. The summed E-state index contributed by atoms with van der Waals surface area (Å²) in [5.74, 6) is -2.02. The number of hydrogen-bond donors (Lipinski definition) is 2. The first kappa shape index (κ1) is 20.7. The molecule has 0 aliphatic heterocycles. The number of thioether (sulfide) groups is 1. The third kappa shape index (κ3) is 3.28. The maximum Gasteiger partial charge on any atom is 0.346 e. The molecule has 0 radical (unpaired) electrons. The fraction of sp³-hybridized carbons (Fsp3) is 0.174. The minimum atomic E-state index is -1.28. The number of benzene rings is 2. The van der Waals surface area contributed by atoms with Crippen LogP contribution in [0.15, 0.2) is 68.4 Å². The monoisotopic (exact) mass is 468 g/mol. The van der Waals surface area contributed by atoms with Crippen molar-refractivity contribution < 1.29 is 14.3 Å². The molecule has 1 fully saturated rings. The number of nitrogens with zero attached hydrogens (tertiary/aromatic N) is 1. The molecule has 0 unspecified atom stereocenters. The average molecular weight is 469 g/mol. The Morgan fingerprint density at radius 2 is 1.91 bits per heavy atom. The van der Waals surface area contributed by atoms with Gasteiger partial charge in [0.1, 0.15) is 10.7 Å². The maximum atomic E-state index is 14.8. The maximum absolute atomic E-state index is 14.8. The van der Waals surface area contributed by atoms with Crippen LogP contribution in [-0.2, 0) is 4.75 Å². The first-order chi connectivity index (χ1) is 15.4. The second-order valence-electron chi connectivity index (χ2n) is 7.66. The van der Waals surface area contributed by atoms with Gasteiger partial charge in [0.25, 0.3) is 5.56 Å². The van der Waals surface area contributed by atoms with Gasteiger partial charge in [0, 0.05) is 15.0 Å². The van der Waals surface area contributed by atoms with E-state index in [4.69, 9.17) is 0 Å². The van der Waals surface area contributed by atoms with E-state index < -0.39 is 23.0 Å². The number of aromatic nitrogens is 2. The van der Waals surface area contributed by atoms with Gasteiger partial charge in [0.05, 0.1) is 16.6 Å². The minimum Gasteiger partial charge on any atom is -0.477 e. The molecule has 32 heavy (non-hydrogen) atoms. The molecule has 0 amide bonds. The number of rotatable bonds is 5. The number of carboxylic acids is 1. The Kier molecular flexibility index (Phi) is 5.02. The van der Waals surface area contributed by atoms with Gasteiger partial charge in [-0.1, -0.05) is 30.3 Å². The number of nitrogens with one attached hydrogen (secondary N) is 1. The van der Waals surface area contributed by atoms with Crippen LogP contribution in [0.5, 0.6) is 0 Å². The molecule has 162 valence electrons. The van der Waals surface area contributed by atoms with Crippen molar-refractivity contribution in [3.63, 3.8) is 0 Å². The van der Waals surface area contributed by atoms with Crippen LogP contribution < -0.4 is 11.2 Å². The number of aromatic carboxylic acids is 1. The van der Waals surface area contributed by atoms with Gasteiger partial charge in [0.2, 0.25) is 0 Å². The van der Waals surface area contributed by atoms with Crippen molar-refractivity contribution in [2.24, 2.45) is 0 Å². The largest absolute Gasteiger partial charge is 0.477 e. The van der Waals surface area contributed by atoms with E-state index in [0.29, 0.717) is 4.57 Å². The highest BCUT2D eigenvalue weighted by molar-refractivity contribution is 8.00. The number of carboxylic acid groups (broad SMARTS) is 1. The zero-order valence-corrected chi connectivity index (χ0v) is 18.3. The summed E-state index contributed by atoms with van der Waals surface area (Å²) in [6.45, 7) is 0. The molecule has 2 N–H and O–H groups in total. The third-order valence-electron chi connectivity index (χ3n) is 5.78. The lowest BCUT2D eigenvalue weighted by Crippen LogP contribution is -2.34. The quantitative estimate of drug-likeness (QED) is 0.441. The summed E-state index contributed by atoms with van der Waals surface area (Å²) in [5.41, 5.74) is -0.567. The fourth-order valence-corrected chi connectivity index (χ4v) is 6.39. The molecule has 1 aliphatic carbocycles. The number of thiophene rings is 1. The number of aromatic amines is 1. The molecule has 6 nitrogen and oxygen atoms in total. The Bertz CT molecular complexity index is 1470. The number of carbonyl (C=O) groups is 1. The van der Waals surface area contributed by atoms with Crippen LogP contribution in [0.25, 0.3) is 16.6 Å². The van der Waals surface area contributed by atoms with E-state index in [9.17, 15) is 23.9 Å². The Morgan fingerprint density at radius 1 is 1.16 bits per heavy atom. The van der Waals surface area contributed by atoms with E-state index in [1.807, 2.05) is 18.2 Å². The lowest BCUT2D eigenvalue weighted by atomic mass is 9.79. The summed E-state index contributed by atoms with van der Waals surface area (Å²) >= 11 is 2.43. The van der Waals surface area contributed by atoms with Crippen molar-refractivity contribution in [1.82, 2.24) is 9.55 Å². The second kappa shape index (κ2) is 7.75. The molecule has 4 aromatic rings. The number of halogens is 1. The summed E-state index contributed by atoms with van der Waals surface area (Å²) in [4.78, 5) is 40.3. The van der Waals surface area contributed by atoms with Gasteiger partial charge in [-0.15, -0.1) is 23.1 Å². The standard InChI is InChI=1S/C23H17FN2O4S2/c24-15-8-7-14(32-23(9-4-10-23)13-5-2-1-3-6-13)11-17(15)26-20(27)18-16(25-22(26)30)12-31-19(18)21(28)29/h1-3,5-8,11-12H,4,9-10H2,(H,25,30)(H,28,29). The van der Waals surface area contributed by atoms with Gasteiger partial charge >= 0.3 is 11.7 Å². The summed E-state index contributed by atoms with van der Waals surface area (Å²) in [5, 5.41) is 10.6. The predicted octanol–water partition coefficient (Wildman–Crippen LogP) is 4.75. The van der Waals surface area contributed by atoms with Crippen LogP contribution in [-0.4, -0.2) is 20.6 Å². The van der Waals surface area contributed by atoms with Crippen LogP contribution in [0.1, 0.15) is 34.5 Å². The van der Waals surface area contributed by atoms with Crippen LogP contribution in [0.2, 0.25) is 0 Å². The van der Waals surface area contributed by atoms with Crippen LogP contribution >= 0.6 is 23.1 Å². The SMILES string of the molecule is O=C(O)c1scc2[nH]c(=O)n(-c3cc(SC4(c5ccccc5)CCC4)ccc3F)c(=O)c12. The molecule has 0 spiro atoms. The van der Waals surface area contributed by atoms with Gasteiger partial charge in [-0.05, 0) is 43.0 Å². The summed E-state index contributed by atoms with van der Waals surface area (Å²) < 4.78 is 15.4. The molecule has 5 rings (SSSR count). The van der Waals surface area contributed by atoms with Crippen LogP contribution in [0.3, 0.4) is 0 Å². The van der Waals surface area contributed by atoms with Crippen LogP contribution in [0, 0.1) is 5.82 Å². The molecule has 0 saturated heterocycles. The molecule has 9 heteroatoms. The molecule has 1 aliphatic rings. The predicted molar refractivity (Wildman–Crippen MR) is 123 cm³/mol. The first-order valence-electron chi connectivity index (χ1n) is 9.94. The fourth-order valence-electron chi connectivity index (χ4n) is 4.06. The Hall–Kier alpha value is -3.17. The molecular formula is C23H17FN2O4S2. The lowest BCUT2D eigenvalue weighted by molar-refractivity contribution is 0.0704. The van der Waals surface area contributed by atoms with E-state index in [0.717, 1.165) is 35.5 Å². The van der Waals surface area contributed by atoms with Crippen molar-refractivity contribution in [3.05, 3.63) is 91.0 Å². The van der Waals surface area contributed by atoms with E-state index in [2.05, 4.69) is 17.1 Å². The van der Waals surface area contributed by atoms with Crippen molar-refractivity contribution in [3.8, 4) is 5.69 Å². The van der Waals surface area contributed by atoms with Gasteiger partial charge in [0.15, 0.2) is 0 Å². The number of fused-ring (bicyclic) bond motifs is 1. The number of H-pyrrole nitrogens is 1. The van der Waals surface area contributed by atoms with E-state index in [1.165, 1.54) is 23.1 Å². The molecular weight excluding hydrogens is 451 g/mol. The number of hydrogen-bond acceptors (Lipinski definition) is 5. The van der Waals surface area contributed by atoms with Crippen LogP contribution in [0.4, 0.5) is 4.39 Å². The second-order valence-corrected chi connectivity index (χ2v) is 10.00. The Labute approximate surface area is 189 Å². The molecule has 2 aromatic carbocycles. The van der Waals surface area contributed by atoms with Gasteiger partial charge < -0.3 is 10.1 Å². The van der Waals surface area contributed by atoms with Gasteiger partial charge in [-0.25, -0.2) is 18.5 Å². The molecule has 2 aromatic heterocycles. The zero-order chi connectivity index (χ0) is 22.5. The summed E-state index contributed by atoms with van der Waals surface area (Å²) in [6.07, 6.45) is 3.03. The summed E-state index contributed by atoms with van der Waals surface area (Å²) in [6, 6.07) is 14.4.